The Morgan fingerprint density at radius 1 is 1.62 bits per heavy atom. The second kappa shape index (κ2) is 3.38. The molecule has 1 aliphatic heterocycles. The Bertz CT molecular complexity index is 292. The fraction of sp³-hybridized carbons (Fsp3) is 0.667. The molecule has 0 spiro atoms. The smallest absolute Gasteiger partial charge is 0.149 e. The Morgan fingerprint density at radius 3 is 3.23 bits per heavy atom. The van der Waals surface area contributed by atoms with Gasteiger partial charge in [0.05, 0.1) is 0 Å². The maximum absolute atomic E-state index is 5.75. The third-order valence-electron chi connectivity index (χ3n) is 2.58. The van der Waals surface area contributed by atoms with Gasteiger partial charge in [-0.15, -0.1) is 0 Å². The van der Waals surface area contributed by atoms with Gasteiger partial charge in [-0.25, -0.2) is 0 Å². The molecule has 1 aromatic rings. The van der Waals surface area contributed by atoms with Crippen molar-refractivity contribution in [2.45, 2.75) is 26.3 Å². The first-order chi connectivity index (χ1) is 6.31. The van der Waals surface area contributed by atoms with E-state index in [2.05, 4.69) is 22.0 Å². The molecule has 13 heavy (non-hydrogen) atoms. The summed E-state index contributed by atoms with van der Waals surface area (Å²) < 4.78 is 0. The highest BCUT2D eigenvalue weighted by Crippen LogP contribution is 2.21. The monoisotopic (exact) mass is 180 g/mol. The predicted molar refractivity (Wildman–Crippen MR) is 52.3 cm³/mol. The number of nitrogens with zero attached hydrogens (tertiary/aromatic N) is 2. The number of aromatic nitrogens is 2. The van der Waals surface area contributed by atoms with Gasteiger partial charge in [-0.2, -0.15) is 5.10 Å². The summed E-state index contributed by atoms with van der Waals surface area (Å²) in [6.07, 6.45) is 2.26. The van der Waals surface area contributed by atoms with Crippen molar-refractivity contribution in [1.82, 2.24) is 15.1 Å². The Kier molecular flexibility index (Phi) is 2.22. The summed E-state index contributed by atoms with van der Waals surface area (Å²) in [5.41, 5.74) is 8.19. The minimum absolute atomic E-state index is 0.677. The van der Waals surface area contributed by atoms with Crippen LogP contribution in [0.4, 0.5) is 5.82 Å². The van der Waals surface area contributed by atoms with E-state index in [-0.39, 0.29) is 0 Å². The summed E-state index contributed by atoms with van der Waals surface area (Å²) in [4.78, 5) is 2.42. The summed E-state index contributed by atoms with van der Waals surface area (Å²) in [5, 5.41) is 7.01. The van der Waals surface area contributed by atoms with Crippen LogP contribution in [0, 0.1) is 0 Å². The zero-order chi connectivity index (χ0) is 9.26. The van der Waals surface area contributed by atoms with Gasteiger partial charge in [0.1, 0.15) is 5.82 Å². The highest BCUT2D eigenvalue weighted by Gasteiger charge is 2.19. The summed E-state index contributed by atoms with van der Waals surface area (Å²) in [5.74, 6) is 0.677. The van der Waals surface area contributed by atoms with E-state index in [0.29, 0.717) is 5.82 Å². The zero-order valence-electron chi connectivity index (χ0n) is 8.01. The number of rotatable bonds is 2. The Labute approximate surface area is 78.1 Å². The average molecular weight is 180 g/mol. The number of anilines is 1. The second-order valence-corrected chi connectivity index (χ2v) is 3.59. The van der Waals surface area contributed by atoms with Gasteiger partial charge in [0.2, 0.25) is 0 Å². The molecule has 0 saturated carbocycles. The standard InChI is InChI=1S/C9H16N4/c1-2-4-13-5-3-8-7(6-13)9(10)12-11-8/h2-6H2,1H3,(H3,10,11,12). The molecule has 0 radical (unpaired) electrons. The number of fused-ring (bicyclic) bond motifs is 1. The first kappa shape index (κ1) is 8.56. The Hall–Kier alpha value is -1.03. The Morgan fingerprint density at radius 2 is 2.46 bits per heavy atom. The molecular formula is C9H16N4. The van der Waals surface area contributed by atoms with E-state index >= 15 is 0 Å². The van der Waals surface area contributed by atoms with E-state index in [1.54, 1.807) is 0 Å². The SMILES string of the molecule is CCCN1CCc2[nH]nc(N)c2C1. The van der Waals surface area contributed by atoms with Crippen LogP contribution in [0.25, 0.3) is 0 Å². The van der Waals surface area contributed by atoms with Gasteiger partial charge in [0.25, 0.3) is 0 Å². The van der Waals surface area contributed by atoms with Crippen LogP contribution in [0.5, 0.6) is 0 Å². The average Bonchev–Trinajstić information content (AvgIpc) is 2.49. The number of H-pyrrole nitrogens is 1. The van der Waals surface area contributed by atoms with Gasteiger partial charge >= 0.3 is 0 Å². The summed E-state index contributed by atoms with van der Waals surface area (Å²) >= 11 is 0. The molecule has 0 amide bonds. The summed E-state index contributed by atoms with van der Waals surface area (Å²) in [6, 6.07) is 0. The number of nitrogens with one attached hydrogen (secondary N) is 1. The van der Waals surface area contributed by atoms with E-state index in [9.17, 15) is 0 Å². The number of nitrogen functional groups attached to an aromatic ring is 1. The predicted octanol–water partition coefficient (Wildman–Crippen LogP) is 0.760. The van der Waals surface area contributed by atoms with Gasteiger partial charge in [-0.1, -0.05) is 6.92 Å². The maximum atomic E-state index is 5.75. The largest absolute Gasteiger partial charge is 0.382 e. The van der Waals surface area contributed by atoms with Gasteiger partial charge in [0, 0.05) is 30.8 Å². The fourth-order valence-corrected chi connectivity index (χ4v) is 1.88. The van der Waals surface area contributed by atoms with Gasteiger partial charge in [-0.3, -0.25) is 10.00 Å². The lowest BCUT2D eigenvalue weighted by atomic mass is 10.1. The molecule has 1 aromatic heterocycles. The number of nitrogens with two attached hydrogens (primary N) is 1. The molecule has 0 unspecified atom stereocenters. The van der Waals surface area contributed by atoms with Gasteiger partial charge in [-0.05, 0) is 13.0 Å². The number of aromatic amines is 1. The first-order valence-electron chi connectivity index (χ1n) is 4.85. The molecule has 0 saturated heterocycles. The summed E-state index contributed by atoms with van der Waals surface area (Å²) in [7, 11) is 0. The molecule has 0 atom stereocenters. The normalized spacial score (nSPS) is 17.3. The second-order valence-electron chi connectivity index (χ2n) is 3.59. The van der Waals surface area contributed by atoms with Crippen LogP contribution < -0.4 is 5.73 Å². The van der Waals surface area contributed by atoms with Crippen molar-refractivity contribution in [3.05, 3.63) is 11.3 Å². The molecule has 2 rings (SSSR count). The van der Waals surface area contributed by atoms with Gasteiger partial charge < -0.3 is 5.73 Å². The lowest BCUT2D eigenvalue weighted by Gasteiger charge is -2.25. The quantitative estimate of drug-likeness (QED) is 0.706. The van der Waals surface area contributed by atoms with Crippen molar-refractivity contribution < 1.29 is 0 Å². The topological polar surface area (TPSA) is 57.9 Å². The molecule has 2 heterocycles. The van der Waals surface area contributed by atoms with E-state index in [0.717, 1.165) is 26.1 Å². The lowest BCUT2D eigenvalue weighted by Crippen LogP contribution is -2.31. The van der Waals surface area contributed by atoms with Crippen LogP contribution in [-0.4, -0.2) is 28.2 Å². The van der Waals surface area contributed by atoms with Crippen molar-refractivity contribution in [1.29, 1.82) is 0 Å². The zero-order valence-corrected chi connectivity index (χ0v) is 8.01. The van der Waals surface area contributed by atoms with Crippen molar-refractivity contribution in [3.8, 4) is 0 Å². The molecule has 1 aliphatic rings. The molecule has 4 nitrogen and oxygen atoms in total. The molecule has 0 fully saturated rings. The van der Waals surface area contributed by atoms with E-state index in [4.69, 9.17) is 5.73 Å². The van der Waals surface area contributed by atoms with Crippen molar-refractivity contribution in [2.75, 3.05) is 18.8 Å². The minimum Gasteiger partial charge on any atom is -0.382 e. The molecule has 0 aromatic carbocycles. The van der Waals surface area contributed by atoms with Crippen LogP contribution >= 0.6 is 0 Å². The Balaban J connectivity index is 2.13. The van der Waals surface area contributed by atoms with Crippen LogP contribution in [0.3, 0.4) is 0 Å². The minimum atomic E-state index is 0.677. The molecule has 0 aliphatic carbocycles. The molecule has 72 valence electrons. The third kappa shape index (κ3) is 1.54. The van der Waals surface area contributed by atoms with Crippen LogP contribution in [0.15, 0.2) is 0 Å². The van der Waals surface area contributed by atoms with Crippen LogP contribution in [0.2, 0.25) is 0 Å². The number of hydrogen-bond acceptors (Lipinski definition) is 3. The van der Waals surface area contributed by atoms with E-state index in [1.807, 2.05) is 0 Å². The van der Waals surface area contributed by atoms with Crippen molar-refractivity contribution >= 4 is 5.82 Å². The third-order valence-corrected chi connectivity index (χ3v) is 2.58. The van der Waals surface area contributed by atoms with E-state index in [1.165, 1.54) is 17.7 Å². The van der Waals surface area contributed by atoms with Gasteiger partial charge in [0.15, 0.2) is 0 Å². The van der Waals surface area contributed by atoms with Crippen LogP contribution in [-0.2, 0) is 13.0 Å². The van der Waals surface area contributed by atoms with E-state index < -0.39 is 0 Å². The number of hydrogen-bond donors (Lipinski definition) is 2. The fourth-order valence-electron chi connectivity index (χ4n) is 1.88. The lowest BCUT2D eigenvalue weighted by molar-refractivity contribution is 0.254. The van der Waals surface area contributed by atoms with Crippen molar-refractivity contribution in [2.24, 2.45) is 0 Å². The highest BCUT2D eigenvalue weighted by molar-refractivity contribution is 5.42. The maximum Gasteiger partial charge on any atom is 0.149 e. The molecule has 0 bridgehead atoms. The molecule has 3 N–H and O–H groups in total. The summed E-state index contributed by atoms with van der Waals surface area (Å²) in [6.45, 7) is 5.45. The highest BCUT2D eigenvalue weighted by atomic mass is 15.2. The molecular weight excluding hydrogens is 164 g/mol. The first-order valence-corrected chi connectivity index (χ1v) is 4.85. The van der Waals surface area contributed by atoms with Crippen LogP contribution in [0.1, 0.15) is 24.6 Å². The van der Waals surface area contributed by atoms with Crippen molar-refractivity contribution in [3.63, 3.8) is 0 Å². The molecule has 4 heteroatoms.